The van der Waals surface area contributed by atoms with E-state index in [1.54, 1.807) is 12.1 Å². The molecule has 0 bridgehead atoms. The Kier molecular flexibility index (Phi) is 5.80. The molecule has 2 rings (SSSR count). The number of nitrogens with one attached hydrogen (secondary N) is 2. The second-order valence-electron chi connectivity index (χ2n) is 6.57. The van der Waals surface area contributed by atoms with Gasteiger partial charge in [0.25, 0.3) is 5.56 Å². The number of H-pyrrole nitrogens is 1. The maximum atomic E-state index is 12.7. The first-order chi connectivity index (χ1) is 12.0. The van der Waals surface area contributed by atoms with Crippen LogP contribution in [0, 0.1) is 0 Å². The summed E-state index contributed by atoms with van der Waals surface area (Å²) in [7, 11) is 0. The Bertz CT molecular complexity index is 857. The molecule has 26 heavy (non-hydrogen) atoms. The summed E-state index contributed by atoms with van der Waals surface area (Å²) < 4.78 is 38.1. The number of nitrogens with zero attached hydrogens (tertiary/aromatic N) is 1. The fraction of sp³-hybridized carbons (Fsp3) is 0.353. The summed E-state index contributed by atoms with van der Waals surface area (Å²) in [6.07, 6.45) is -4.72. The molecule has 2 aromatic rings. The lowest BCUT2D eigenvalue weighted by Crippen LogP contribution is -2.20. The maximum absolute atomic E-state index is 12.7. The second-order valence-corrected chi connectivity index (χ2v) is 7.53. The van der Waals surface area contributed by atoms with Crippen molar-refractivity contribution >= 4 is 23.4 Å². The van der Waals surface area contributed by atoms with Crippen LogP contribution in [0.4, 0.5) is 18.9 Å². The van der Waals surface area contributed by atoms with E-state index in [1.807, 2.05) is 32.9 Å². The SMILES string of the molecule is CC(C)(C)c1ccccc1NC(=O)CSc1nc(C(F)(F)F)cc(=O)[nH]1. The average molecular weight is 385 g/mol. The van der Waals surface area contributed by atoms with Gasteiger partial charge in [0.1, 0.15) is 0 Å². The van der Waals surface area contributed by atoms with Crippen LogP contribution in [0.15, 0.2) is 40.3 Å². The van der Waals surface area contributed by atoms with E-state index in [0.29, 0.717) is 11.8 Å². The first-order valence-electron chi connectivity index (χ1n) is 7.67. The van der Waals surface area contributed by atoms with Gasteiger partial charge in [-0.2, -0.15) is 13.2 Å². The summed E-state index contributed by atoms with van der Waals surface area (Å²) in [4.78, 5) is 29.0. The van der Waals surface area contributed by atoms with Crippen molar-refractivity contribution in [3.8, 4) is 0 Å². The lowest BCUT2D eigenvalue weighted by molar-refractivity contribution is -0.141. The molecule has 0 atom stereocenters. The molecule has 0 saturated carbocycles. The van der Waals surface area contributed by atoms with Crippen LogP contribution in [0.2, 0.25) is 0 Å². The number of aromatic nitrogens is 2. The van der Waals surface area contributed by atoms with Crippen molar-refractivity contribution in [1.29, 1.82) is 0 Å². The van der Waals surface area contributed by atoms with Gasteiger partial charge in [0, 0.05) is 11.8 Å². The van der Waals surface area contributed by atoms with E-state index in [4.69, 9.17) is 0 Å². The molecule has 0 spiro atoms. The van der Waals surface area contributed by atoms with Crippen molar-refractivity contribution in [2.75, 3.05) is 11.1 Å². The summed E-state index contributed by atoms with van der Waals surface area (Å²) >= 11 is 0.727. The Labute approximate surface area is 152 Å². The molecule has 0 saturated heterocycles. The summed E-state index contributed by atoms with van der Waals surface area (Å²) in [6, 6.07) is 7.68. The fourth-order valence-corrected chi connectivity index (χ4v) is 2.89. The van der Waals surface area contributed by atoms with E-state index in [2.05, 4.69) is 15.3 Å². The zero-order chi connectivity index (χ0) is 19.5. The van der Waals surface area contributed by atoms with Crippen LogP contribution in [-0.4, -0.2) is 21.6 Å². The number of benzene rings is 1. The van der Waals surface area contributed by atoms with Crippen LogP contribution >= 0.6 is 11.8 Å². The third-order valence-electron chi connectivity index (χ3n) is 3.36. The third kappa shape index (κ3) is 5.35. The van der Waals surface area contributed by atoms with E-state index in [9.17, 15) is 22.8 Å². The molecule has 9 heteroatoms. The van der Waals surface area contributed by atoms with Crippen molar-refractivity contribution in [1.82, 2.24) is 9.97 Å². The summed E-state index contributed by atoms with van der Waals surface area (Å²) in [5.74, 6) is -0.602. The molecule has 0 unspecified atom stereocenters. The first kappa shape index (κ1) is 20.0. The summed E-state index contributed by atoms with van der Waals surface area (Å²) in [5, 5.41) is 2.48. The molecule has 0 fully saturated rings. The number of anilines is 1. The Morgan fingerprint density at radius 2 is 1.88 bits per heavy atom. The van der Waals surface area contributed by atoms with Crippen molar-refractivity contribution in [3.05, 3.63) is 51.9 Å². The number of rotatable bonds is 4. The van der Waals surface area contributed by atoms with Gasteiger partial charge in [0.05, 0.1) is 5.75 Å². The monoisotopic (exact) mass is 385 g/mol. The van der Waals surface area contributed by atoms with Gasteiger partial charge in [-0.15, -0.1) is 0 Å². The van der Waals surface area contributed by atoms with E-state index >= 15 is 0 Å². The number of hydrogen-bond acceptors (Lipinski definition) is 4. The molecular formula is C17H18F3N3O2S. The van der Waals surface area contributed by atoms with E-state index in [-0.39, 0.29) is 16.3 Å². The highest BCUT2D eigenvalue weighted by molar-refractivity contribution is 7.99. The van der Waals surface area contributed by atoms with E-state index in [0.717, 1.165) is 17.3 Å². The molecule has 0 aliphatic rings. The molecule has 0 aliphatic heterocycles. The van der Waals surface area contributed by atoms with Gasteiger partial charge < -0.3 is 10.3 Å². The molecule has 0 aliphatic carbocycles. The lowest BCUT2D eigenvalue weighted by Gasteiger charge is -2.22. The second kappa shape index (κ2) is 7.53. The number of thioether (sulfide) groups is 1. The Morgan fingerprint density at radius 1 is 1.23 bits per heavy atom. The van der Waals surface area contributed by atoms with Gasteiger partial charge >= 0.3 is 6.18 Å². The quantitative estimate of drug-likeness (QED) is 0.620. The Morgan fingerprint density at radius 3 is 2.50 bits per heavy atom. The minimum absolute atomic E-state index is 0.190. The van der Waals surface area contributed by atoms with E-state index in [1.165, 1.54) is 0 Å². The maximum Gasteiger partial charge on any atom is 0.433 e. The highest BCUT2D eigenvalue weighted by atomic mass is 32.2. The van der Waals surface area contributed by atoms with E-state index < -0.39 is 23.3 Å². The Balaban J connectivity index is 2.09. The van der Waals surface area contributed by atoms with Crippen LogP contribution in [0.5, 0.6) is 0 Å². The van der Waals surface area contributed by atoms with Gasteiger partial charge in [0.15, 0.2) is 10.9 Å². The number of hydrogen-bond donors (Lipinski definition) is 2. The number of aromatic amines is 1. The summed E-state index contributed by atoms with van der Waals surface area (Å²) in [5.41, 5.74) is -0.833. The van der Waals surface area contributed by atoms with Gasteiger partial charge in [-0.25, -0.2) is 4.98 Å². The lowest BCUT2D eigenvalue weighted by atomic mass is 9.86. The summed E-state index contributed by atoms with van der Waals surface area (Å²) in [6.45, 7) is 6.01. The highest BCUT2D eigenvalue weighted by Gasteiger charge is 2.33. The average Bonchev–Trinajstić information content (AvgIpc) is 2.51. The standard InChI is InChI=1S/C17H18F3N3O2S/c1-16(2,3)10-6-4-5-7-11(10)21-14(25)9-26-15-22-12(17(18,19)20)8-13(24)23-15/h4-8H,9H2,1-3H3,(H,21,25)(H,22,23,24). The van der Waals surface area contributed by atoms with Crippen molar-refractivity contribution in [2.45, 2.75) is 37.5 Å². The molecule has 140 valence electrons. The van der Waals surface area contributed by atoms with Gasteiger partial charge in [-0.3, -0.25) is 9.59 Å². The number of amides is 1. The molecule has 0 radical (unpaired) electrons. The molecule has 1 aromatic carbocycles. The van der Waals surface area contributed by atoms with Crippen molar-refractivity contribution in [3.63, 3.8) is 0 Å². The number of carbonyl (C=O) groups is 1. The number of alkyl halides is 3. The molecular weight excluding hydrogens is 367 g/mol. The van der Waals surface area contributed by atoms with Gasteiger partial charge in [-0.05, 0) is 17.0 Å². The van der Waals surface area contributed by atoms with Crippen LogP contribution in [0.3, 0.4) is 0 Å². The van der Waals surface area contributed by atoms with Crippen molar-refractivity contribution in [2.24, 2.45) is 0 Å². The topological polar surface area (TPSA) is 74.8 Å². The van der Waals surface area contributed by atoms with Gasteiger partial charge in [0.2, 0.25) is 5.91 Å². The van der Waals surface area contributed by atoms with Crippen LogP contribution in [-0.2, 0) is 16.4 Å². The molecule has 1 amide bonds. The highest BCUT2D eigenvalue weighted by Crippen LogP contribution is 2.30. The minimum atomic E-state index is -4.72. The predicted octanol–water partition coefficient (Wildman–Crippen LogP) is 3.82. The van der Waals surface area contributed by atoms with Crippen molar-refractivity contribution < 1.29 is 18.0 Å². The number of halogens is 3. The molecule has 1 aromatic heterocycles. The minimum Gasteiger partial charge on any atom is -0.325 e. The normalized spacial score (nSPS) is 12.1. The fourth-order valence-electron chi connectivity index (χ4n) is 2.22. The largest absolute Gasteiger partial charge is 0.433 e. The molecule has 1 heterocycles. The molecule has 2 N–H and O–H groups in total. The smallest absolute Gasteiger partial charge is 0.325 e. The molecule has 5 nitrogen and oxygen atoms in total. The van der Waals surface area contributed by atoms with Crippen LogP contribution in [0.1, 0.15) is 32.0 Å². The van der Waals surface area contributed by atoms with Crippen LogP contribution < -0.4 is 10.9 Å². The van der Waals surface area contributed by atoms with Gasteiger partial charge in [-0.1, -0.05) is 50.7 Å². The first-order valence-corrected chi connectivity index (χ1v) is 8.66. The third-order valence-corrected chi connectivity index (χ3v) is 4.23. The Hall–Kier alpha value is -2.29. The predicted molar refractivity (Wildman–Crippen MR) is 94.4 cm³/mol. The number of para-hydroxylation sites is 1. The van der Waals surface area contributed by atoms with Crippen LogP contribution in [0.25, 0.3) is 0 Å². The zero-order valence-electron chi connectivity index (χ0n) is 14.4. The number of carbonyl (C=O) groups excluding carboxylic acids is 1. The zero-order valence-corrected chi connectivity index (χ0v) is 15.2.